The van der Waals surface area contributed by atoms with E-state index in [0.717, 1.165) is 11.9 Å². The Labute approximate surface area is 164 Å². The lowest BCUT2D eigenvalue weighted by molar-refractivity contribution is -0.383. The molecule has 142 valence electrons. The lowest BCUT2D eigenvalue weighted by Gasteiger charge is -2.11. The minimum atomic E-state index is -0.658. The Kier molecular flexibility index (Phi) is 5.61. The first-order chi connectivity index (χ1) is 13.5. The van der Waals surface area contributed by atoms with Crippen molar-refractivity contribution in [1.29, 1.82) is 0 Å². The highest BCUT2D eigenvalue weighted by Gasteiger charge is 2.24. The summed E-state index contributed by atoms with van der Waals surface area (Å²) in [4.78, 5) is 35.0. The van der Waals surface area contributed by atoms with Crippen LogP contribution in [0.15, 0.2) is 48.9 Å². The molecule has 2 heterocycles. The van der Waals surface area contributed by atoms with Gasteiger partial charge in [-0.15, -0.1) is 0 Å². The fraction of sp³-hybridized carbons (Fsp3) is 0.0588. The molecule has 1 amide bonds. The van der Waals surface area contributed by atoms with Crippen LogP contribution in [-0.4, -0.2) is 25.8 Å². The van der Waals surface area contributed by atoms with Crippen LogP contribution in [0, 0.1) is 17.0 Å². The molecule has 11 heteroatoms. The summed E-state index contributed by atoms with van der Waals surface area (Å²) in [6.45, 7) is 1.80. The number of hydrazine groups is 1. The van der Waals surface area contributed by atoms with Gasteiger partial charge in [-0.2, -0.15) is 0 Å². The molecule has 0 aliphatic heterocycles. The zero-order valence-corrected chi connectivity index (χ0v) is 15.3. The highest BCUT2D eigenvalue weighted by Crippen LogP contribution is 2.30. The third-order valence-corrected chi connectivity index (χ3v) is 3.87. The van der Waals surface area contributed by atoms with Gasteiger partial charge in [-0.25, -0.2) is 15.0 Å². The molecule has 0 atom stereocenters. The van der Waals surface area contributed by atoms with Gasteiger partial charge in [0.2, 0.25) is 11.6 Å². The van der Waals surface area contributed by atoms with E-state index >= 15 is 0 Å². The smallest absolute Gasteiger partial charge is 0.319 e. The number of rotatable bonds is 6. The first kappa shape index (κ1) is 19.0. The number of aryl methyl sites for hydroxylation is 1. The van der Waals surface area contributed by atoms with E-state index in [4.69, 9.17) is 11.6 Å². The minimum Gasteiger partial charge on any atom is -0.319 e. The molecule has 0 saturated heterocycles. The third kappa shape index (κ3) is 4.30. The van der Waals surface area contributed by atoms with Crippen molar-refractivity contribution in [2.45, 2.75) is 6.92 Å². The number of nitrogens with one attached hydrogen (secondary N) is 3. The average molecular weight is 400 g/mol. The van der Waals surface area contributed by atoms with E-state index in [0.29, 0.717) is 10.8 Å². The lowest BCUT2D eigenvalue weighted by atomic mass is 10.2. The number of anilines is 3. The van der Waals surface area contributed by atoms with Crippen LogP contribution in [0.3, 0.4) is 0 Å². The molecule has 28 heavy (non-hydrogen) atoms. The number of amides is 1. The number of hydrogen-bond acceptors (Lipinski definition) is 8. The Morgan fingerprint density at radius 3 is 2.61 bits per heavy atom. The van der Waals surface area contributed by atoms with Gasteiger partial charge in [0.05, 0.1) is 4.92 Å². The first-order valence-corrected chi connectivity index (χ1v) is 8.33. The Bertz CT molecular complexity index is 1040. The number of nitro groups is 1. The predicted molar refractivity (Wildman–Crippen MR) is 103 cm³/mol. The fourth-order valence-corrected chi connectivity index (χ4v) is 2.47. The van der Waals surface area contributed by atoms with Crippen LogP contribution in [0.1, 0.15) is 15.9 Å². The summed E-state index contributed by atoms with van der Waals surface area (Å²) < 4.78 is 0. The van der Waals surface area contributed by atoms with Crippen molar-refractivity contribution in [3.05, 3.63) is 75.2 Å². The fourth-order valence-electron chi connectivity index (χ4n) is 2.28. The summed E-state index contributed by atoms with van der Waals surface area (Å²) in [5, 5.41) is 14.8. The molecule has 3 N–H and O–H groups in total. The molecule has 3 rings (SSSR count). The lowest BCUT2D eigenvalue weighted by Crippen LogP contribution is -2.30. The van der Waals surface area contributed by atoms with Gasteiger partial charge in [-0.3, -0.25) is 25.8 Å². The molecule has 0 bridgehead atoms. The highest BCUT2D eigenvalue weighted by molar-refractivity contribution is 6.30. The Balaban J connectivity index is 1.84. The second-order valence-corrected chi connectivity index (χ2v) is 6.00. The van der Waals surface area contributed by atoms with Crippen molar-refractivity contribution in [1.82, 2.24) is 20.4 Å². The molecule has 0 aliphatic rings. The molecule has 3 aromatic rings. The van der Waals surface area contributed by atoms with Crippen molar-refractivity contribution in [3.63, 3.8) is 0 Å². The van der Waals surface area contributed by atoms with Gasteiger partial charge in [-0.05, 0) is 36.8 Å². The van der Waals surface area contributed by atoms with E-state index in [-0.39, 0.29) is 17.2 Å². The zero-order chi connectivity index (χ0) is 20.1. The van der Waals surface area contributed by atoms with Crippen LogP contribution in [0.4, 0.5) is 23.1 Å². The average Bonchev–Trinajstić information content (AvgIpc) is 2.67. The number of hydrogen-bond donors (Lipinski definition) is 3. The predicted octanol–water partition coefficient (Wildman–Crippen LogP) is 3.24. The summed E-state index contributed by atoms with van der Waals surface area (Å²) in [6.07, 6.45) is 2.67. The zero-order valence-electron chi connectivity index (χ0n) is 14.5. The molecule has 0 unspecified atom stereocenters. The molecular weight excluding hydrogens is 386 g/mol. The molecule has 0 spiro atoms. The minimum absolute atomic E-state index is 0.0682. The number of nitrogens with zero attached hydrogens (tertiary/aromatic N) is 4. The number of aromatic nitrogens is 3. The number of benzene rings is 1. The van der Waals surface area contributed by atoms with E-state index < -0.39 is 16.5 Å². The number of halogens is 1. The topological polar surface area (TPSA) is 135 Å². The molecule has 10 nitrogen and oxygen atoms in total. The molecule has 0 saturated carbocycles. The van der Waals surface area contributed by atoms with Crippen molar-refractivity contribution < 1.29 is 9.72 Å². The van der Waals surface area contributed by atoms with Crippen LogP contribution in [0.5, 0.6) is 0 Å². The van der Waals surface area contributed by atoms with Gasteiger partial charge in [0.1, 0.15) is 12.1 Å². The number of carbonyl (C=O) groups is 1. The van der Waals surface area contributed by atoms with Crippen LogP contribution < -0.4 is 16.2 Å². The second kappa shape index (κ2) is 8.27. The van der Waals surface area contributed by atoms with E-state index in [1.807, 2.05) is 0 Å². The summed E-state index contributed by atoms with van der Waals surface area (Å²) in [5.41, 5.74) is 5.42. The van der Waals surface area contributed by atoms with Crippen LogP contribution in [-0.2, 0) is 0 Å². The normalized spacial score (nSPS) is 10.2. The van der Waals surface area contributed by atoms with E-state index in [1.165, 1.54) is 6.07 Å². The summed E-state index contributed by atoms with van der Waals surface area (Å²) in [7, 11) is 0. The maximum atomic E-state index is 12.2. The van der Waals surface area contributed by atoms with Crippen molar-refractivity contribution >= 4 is 40.6 Å². The second-order valence-electron chi connectivity index (χ2n) is 5.56. The van der Waals surface area contributed by atoms with E-state index in [2.05, 4.69) is 31.1 Å². The van der Waals surface area contributed by atoms with Gasteiger partial charge in [0, 0.05) is 16.8 Å². The summed E-state index contributed by atoms with van der Waals surface area (Å²) >= 11 is 5.86. The quantitative estimate of drug-likeness (QED) is 0.424. The van der Waals surface area contributed by atoms with Gasteiger partial charge >= 0.3 is 5.69 Å². The Morgan fingerprint density at radius 2 is 1.89 bits per heavy atom. The van der Waals surface area contributed by atoms with Crippen LogP contribution >= 0.6 is 11.6 Å². The van der Waals surface area contributed by atoms with E-state index in [1.54, 1.807) is 43.5 Å². The summed E-state index contributed by atoms with van der Waals surface area (Å²) in [6, 6.07) is 9.79. The monoisotopic (exact) mass is 399 g/mol. The number of carbonyl (C=O) groups excluding carboxylic acids is 1. The summed E-state index contributed by atoms with van der Waals surface area (Å²) in [5.74, 6) is -0.378. The Hall–Kier alpha value is -3.79. The largest absolute Gasteiger partial charge is 0.355 e. The van der Waals surface area contributed by atoms with Crippen molar-refractivity contribution in [3.8, 4) is 0 Å². The van der Waals surface area contributed by atoms with Gasteiger partial charge in [0.15, 0.2) is 0 Å². The molecule has 0 aliphatic carbocycles. The van der Waals surface area contributed by atoms with Crippen LogP contribution in [0.2, 0.25) is 5.02 Å². The molecule has 1 aromatic carbocycles. The molecule has 0 radical (unpaired) electrons. The highest BCUT2D eigenvalue weighted by atomic mass is 35.5. The van der Waals surface area contributed by atoms with Crippen molar-refractivity contribution in [2.75, 3.05) is 10.7 Å². The SMILES string of the molecule is Cc1cccnc1Nc1ncnc(NNC(=O)c2cccc(Cl)c2)c1[N+](=O)[O-]. The van der Waals surface area contributed by atoms with Crippen LogP contribution in [0.25, 0.3) is 0 Å². The van der Waals surface area contributed by atoms with Gasteiger partial charge in [-0.1, -0.05) is 23.7 Å². The standard InChI is InChI=1S/C17H14ClN7O3/c1-10-4-3-7-19-14(10)22-15-13(25(27)28)16(21-9-20-15)23-24-17(26)11-5-2-6-12(18)8-11/h2-9H,1H3,(H,24,26)(H2,19,20,21,22,23). The number of pyridine rings is 1. The first-order valence-electron chi connectivity index (χ1n) is 7.95. The van der Waals surface area contributed by atoms with E-state index in [9.17, 15) is 14.9 Å². The maximum absolute atomic E-state index is 12.2. The van der Waals surface area contributed by atoms with Gasteiger partial charge in [0.25, 0.3) is 5.91 Å². The maximum Gasteiger partial charge on any atom is 0.355 e. The molecule has 0 fully saturated rings. The molecule has 2 aromatic heterocycles. The third-order valence-electron chi connectivity index (χ3n) is 3.63. The Morgan fingerprint density at radius 1 is 1.11 bits per heavy atom. The molecular formula is C17H14ClN7O3. The van der Waals surface area contributed by atoms with Crippen molar-refractivity contribution in [2.24, 2.45) is 0 Å². The van der Waals surface area contributed by atoms with Gasteiger partial charge < -0.3 is 5.32 Å².